The molecule has 0 saturated carbocycles. The summed E-state index contributed by atoms with van der Waals surface area (Å²) < 4.78 is 10.2. The van der Waals surface area contributed by atoms with Gasteiger partial charge in [0.1, 0.15) is 11.3 Å². The van der Waals surface area contributed by atoms with Gasteiger partial charge in [-0.2, -0.15) is 5.26 Å². The number of carbonyl (C=O) groups is 2. The number of methoxy groups -OCH3 is 1. The summed E-state index contributed by atoms with van der Waals surface area (Å²) in [4.78, 5) is 27.5. The van der Waals surface area contributed by atoms with Crippen LogP contribution in [0.1, 0.15) is 24.5 Å². The van der Waals surface area contributed by atoms with Crippen molar-refractivity contribution in [2.75, 3.05) is 20.8 Å². The van der Waals surface area contributed by atoms with Crippen LogP contribution in [-0.4, -0.2) is 38.7 Å². The third-order valence-electron chi connectivity index (χ3n) is 2.92. The van der Waals surface area contributed by atoms with Gasteiger partial charge in [-0.3, -0.25) is 4.79 Å². The highest BCUT2D eigenvalue weighted by Gasteiger charge is 2.17. The van der Waals surface area contributed by atoms with Gasteiger partial charge in [-0.05, 0) is 31.2 Å². The minimum Gasteiger partial charge on any atom is -0.496 e. The molecule has 1 aromatic rings. The quantitative estimate of drug-likeness (QED) is 0.192. The van der Waals surface area contributed by atoms with Crippen molar-refractivity contribution in [3.63, 3.8) is 0 Å². The van der Waals surface area contributed by atoms with E-state index >= 15 is 0 Å². The van der Waals surface area contributed by atoms with Crippen molar-refractivity contribution in [1.29, 1.82) is 5.26 Å². The van der Waals surface area contributed by atoms with Crippen LogP contribution in [0.5, 0.6) is 5.75 Å². The van der Waals surface area contributed by atoms with Gasteiger partial charge in [0.15, 0.2) is 5.78 Å². The van der Waals surface area contributed by atoms with E-state index in [0.29, 0.717) is 23.3 Å². The molecule has 23 heavy (non-hydrogen) atoms. The maximum absolute atomic E-state index is 12.0. The van der Waals surface area contributed by atoms with E-state index < -0.39 is 11.8 Å². The van der Waals surface area contributed by atoms with E-state index in [1.165, 1.54) is 26.2 Å². The number of nitriles is 1. The Morgan fingerprint density at radius 3 is 2.70 bits per heavy atom. The Morgan fingerprint density at radius 1 is 1.39 bits per heavy atom. The van der Waals surface area contributed by atoms with Crippen molar-refractivity contribution >= 4 is 24.0 Å². The van der Waals surface area contributed by atoms with E-state index in [1.54, 1.807) is 25.4 Å². The molecule has 0 radical (unpaired) electrons. The van der Waals surface area contributed by atoms with Crippen molar-refractivity contribution in [3.05, 3.63) is 34.9 Å². The van der Waals surface area contributed by atoms with Gasteiger partial charge < -0.3 is 14.5 Å². The monoisotopic (exact) mass is 314 g/mol. The lowest BCUT2D eigenvalue weighted by molar-refractivity contribution is -0.139. The van der Waals surface area contributed by atoms with E-state index in [4.69, 9.17) is 14.7 Å². The third kappa shape index (κ3) is 5.40. The van der Waals surface area contributed by atoms with Crippen LogP contribution in [0.4, 0.5) is 0 Å². The summed E-state index contributed by atoms with van der Waals surface area (Å²) >= 11 is 0. The topological polar surface area (TPSA) is 88.8 Å². The minimum atomic E-state index is -0.701. The minimum absolute atomic E-state index is 0.0820. The third-order valence-corrected chi connectivity index (χ3v) is 2.92. The number of aliphatic imine (C=N–C) groups is 1. The summed E-state index contributed by atoms with van der Waals surface area (Å²) in [6.07, 6.45) is 3.50. The highest BCUT2D eigenvalue weighted by Crippen LogP contribution is 2.23. The molecule has 1 rings (SSSR count). The van der Waals surface area contributed by atoms with Crippen LogP contribution < -0.4 is 4.74 Å². The second-order valence-electron chi connectivity index (χ2n) is 4.55. The van der Waals surface area contributed by atoms with Crippen molar-refractivity contribution < 1.29 is 19.1 Å². The molecular weight excluding hydrogens is 296 g/mol. The molecule has 0 unspecified atom stereocenters. The molecule has 0 saturated heterocycles. The Labute approximate surface area is 135 Å². The van der Waals surface area contributed by atoms with Gasteiger partial charge in [0.25, 0.3) is 0 Å². The maximum Gasteiger partial charge on any atom is 0.341 e. The standard InChI is InChI=1S/C17H18N2O4/c1-12(20)15(17(21)23-8-4-7-19-2)10-14-6-5-13(11-18)9-16(14)22-3/h5-7,9-10H,4,8H2,1-3H3/b15-10-,19-7?. The fraction of sp³-hybridized carbons (Fsp3) is 0.294. The first-order valence-electron chi connectivity index (χ1n) is 6.92. The summed E-state index contributed by atoms with van der Waals surface area (Å²) in [7, 11) is 3.07. The molecule has 0 fully saturated rings. The number of Topliss-reactive ketones (excluding diaryl/α,β-unsaturated/α-hetero) is 1. The lowest BCUT2D eigenvalue weighted by Crippen LogP contribution is -2.14. The number of nitrogens with zero attached hydrogens (tertiary/aromatic N) is 2. The lowest BCUT2D eigenvalue weighted by Gasteiger charge is -2.08. The molecule has 0 aliphatic rings. The fourth-order valence-corrected chi connectivity index (χ4v) is 1.77. The second kappa shape index (κ2) is 9.15. The van der Waals surface area contributed by atoms with E-state index in [1.807, 2.05) is 6.07 Å². The molecule has 1 aromatic carbocycles. The van der Waals surface area contributed by atoms with Gasteiger partial charge >= 0.3 is 5.97 Å². The number of esters is 1. The molecular formula is C17H18N2O4. The fourth-order valence-electron chi connectivity index (χ4n) is 1.77. The molecule has 6 nitrogen and oxygen atoms in total. The summed E-state index contributed by atoms with van der Waals surface area (Å²) in [5.41, 5.74) is 0.856. The van der Waals surface area contributed by atoms with E-state index in [0.717, 1.165) is 0 Å². The smallest absolute Gasteiger partial charge is 0.341 e. The van der Waals surface area contributed by atoms with Crippen molar-refractivity contribution in [3.8, 4) is 11.8 Å². The van der Waals surface area contributed by atoms with E-state index in [-0.39, 0.29) is 12.2 Å². The van der Waals surface area contributed by atoms with Gasteiger partial charge in [0.2, 0.25) is 0 Å². The molecule has 6 heteroatoms. The first-order chi connectivity index (χ1) is 11.0. The molecule has 0 spiro atoms. The van der Waals surface area contributed by atoms with Crippen LogP contribution >= 0.6 is 0 Å². The highest BCUT2D eigenvalue weighted by molar-refractivity contribution is 6.19. The predicted molar refractivity (Wildman–Crippen MR) is 86.4 cm³/mol. The Kier molecular flexibility index (Phi) is 7.21. The number of benzene rings is 1. The number of carbonyl (C=O) groups excluding carboxylic acids is 2. The zero-order chi connectivity index (χ0) is 17.2. The first-order valence-corrected chi connectivity index (χ1v) is 6.92. The largest absolute Gasteiger partial charge is 0.496 e. The summed E-state index contributed by atoms with van der Waals surface area (Å²) in [5.74, 6) is -0.715. The zero-order valence-electron chi connectivity index (χ0n) is 13.3. The van der Waals surface area contributed by atoms with Crippen molar-refractivity contribution in [1.82, 2.24) is 0 Å². The molecule has 120 valence electrons. The van der Waals surface area contributed by atoms with E-state index in [9.17, 15) is 9.59 Å². The number of ketones is 1. The molecule has 0 aliphatic heterocycles. The molecule has 0 amide bonds. The van der Waals surface area contributed by atoms with Gasteiger partial charge in [-0.15, -0.1) is 0 Å². The van der Waals surface area contributed by atoms with Crippen LogP contribution in [0.25, 0.3) is 6.08 Å². The molecule has 0 atom stereocenters. The normalized spacial score (nSPS) is 11.1. The zero-order valence-corrected chi connectivity index (χ0v) is 13.3. The van der Waals surface area contributed by atoms with Crippen molar-refractivity contribution in [2.24, 2.45) is 4.99 Å². The molecule has 0 heterocycles. The van der Waals surface area contributed by atoms with Crippen LogP contribution in [-0.2, 0) is 14.3 Å². The van der Waals surface area contributed by atoms with Crippen LogP contribution in [0.3, 0.4) is 0 Å². The average molecular weight is 314 g/mol. The van der Waals surface area contributed by atoms with Crippen LogP contribution in [0.15, 0.2) is 28.8 Å². The molecule has 0 aromatic heterocycles. The molecule has 0 aliphatic carbocycles. The maximum atomic E-state index is 12.0. The number of rotatable bonds is 7. The molecule has 0 N–H and O–H groups in total. The van der Waals surface area contributed by atoms with Gasteiger partial charge in [0.05, 0.1) is 25.3 Å². The van der Waals surface area contributed by atoms with Crippen LogP contribution in [0.2, 0.25) is 0 Å². The second-order valence-corrected chi connectivity index (χ2v) is 4.55. The van der Waals surface area contributed by atoms with Crippen molar-refractivity contribution in [2.45, 2.75) is 13.3 Å². The SMILES string of the molecule is CN=CCCOC(=O)/C(=C\c1ccc(C#N)cc1OC)C(C)=O. The van der Waals surface area contributed by atoms with E-state index in [2.05, 4.69) is 4.99 Å². The first kappa shape index (κ1) is 18.1. The summed E-state index contributed by atoms with van der Waals surface area (Å²) in [5, 5.41) is 8.89. The van der Waals surface area contributed by atoms with Gasteiger partial charge in [-0.1, -0.05) is 0 Å². The number of ether oxygens (including phenoxy) is 2. The average Bonchev–Trinajstić information content (AvgIpc) is 2.55. The summed E-state index contributed by atoms with van der Waals surface area (Å²) in [6.45, 7) is 1.43. The number of hydrogen-bond acceptors (Lipinski definition) is 6. The Hall–Kier alpha value is -2.94. The van der Waals surface area contributed by atoms with Gasteiger partial charge in [0, 0.05) is 25.2 Å². The lowest BCUT2D eigenvalue weighted by atomic mass is 10.1. The Bertz CT molecular complexity index is 684. The highest BCUT2D eigenvalue weighted by atomic mass is 16.5. The molecule has 0 bridgehead atoms. The Morgan fingerprint density at radius 2 is 2.13 bits per heavy atom. The predicted octanol–water partition coefficient (Wildman–Crippen LogP) is 2.17. The summed E-state index contributed by atoms with van der Waals surface area (Å²) in [6, 6.07) is 6.72. The van der Waals surface area contributed by atoms with Crippen LogP contribution in [0, 0.1) is 11.3 Å². The number of hydrogen-bond donors (Lipinski definition) is 0. The Balaban J connectivity index is 3.06. The van der Waals surface area contributed by atoms with Gasteiger partial charge in [-0.25, -0.2) is 4.79 Å².